The number of carbonyl (C=O) groups excluding carboxylic acids is 2. The molecule has 7 nitrogen and oxygen atoms in total. The van der Waals surface area contributed by atoms with Crippen molar-refractivity contribution in [2.24, 2.45) is 0 Å². The quantitative estimate of drug-likeness (QED) is 0.251. The third-order valence-electron chi connectivity index (χ3n) is 6.33. The maximum absolute atomic E-state index is 13.2. The predicted octanol–water partition coefficient (Wildman–Crippen LogP) is 5.31. The number of nitrogens with zero attached hydrogens (tertiary/aromatic N) is 3. The Hall–Kier alpha value is -3.87. The van der Waals surface area contributed by atoms with Crippen molar-refractivity contribution in [1.82, 2.24) is 14.5 Å². The molecule has 0 spiro atoms. The molecular formula is C29H33N3O4. The molecule has 1 saturated heterocycles. The van der Waals surface area contributed by atoms with E-state index in [2.05, 4.69) is 18.8 Å². The Bertz CT molecular complexity index is 1230. The van der Waals surface area contributed by atoms with Crippen LogP contribution in [0.15, 0.2) is 72.8 Å². The van der Waals surface area contributed by atoms with Crippen LogP contribution < -0.4 is 4.74 Å². The minimum Gasteiger partial charge on any atom is -0.507 e. The van der Waals surface area contributed by atoms with Crippen molar-refractivity contribution in [3.63, 3.8) is 0 Å². The highest BCUT2D eigenvalue weighted by Gasteiger charge is 2.45. The van der Waals surface area contributed by atoms with E-state index in [-0.39, 0.29) is 17.4 Å². The first-order chi connectivity index (χ1) is 17.3. The van der Waals surface area contributed by atoms with Crippen LogP contribution in [0.25, 0.3) is 5.76 Å². The van der Waals surface area contributed by atoms with Crippen LogP contribution in [0.5, 0.6) is 5.75 Å². The molecule has 1 fully saturated rings. The summed E-state index contributed by atoms with van der Waals surface area (Å²) >= 11 is 0. The topological polar surface area (TPSA) is 84.7 Å². The number of hydrogen-bond acceptors (Lipinski definition) is 5. The van der Waals surface area contributed by atoms with Crippen LogP contribution in [0, 0.1) is 0 Å². The minimum absolute atomic E-state index is 0.0194. The van der Waals surface area contributed by atoms with Gasteiger partial charge in [-0.2, -0.15) is 0 Å². The van der Waals surface area contributed by atoms with E-state index in [1.54, 1.807) is 41.7 Å². The maximum Gasteiger partial charge on any atom is 0.295 e. The summed E-state index contributed by atoms with van der Waals surface area (Å²) in [6.45, 7) is 9.14. The molecule has 2 aromatic carbocycles. The predicted molar refractivity (Wildman–Crippen MR) is 139 cm³/mol. The second kappa shape index (κ2) is 10.8. The number of imidazole rings is 1. The molecule has 0 radical (unpaired) electrons. The molecule has 1 atom stereocenters. The molecule has 1 aromatic heterocycles. The Kier molecular flexibility index (Phi) is 7.58. The van der Waals surface area contributed by atoms with E-state index in [1.807, 2.05) is 48.9 Å². The third kappa shape index (κ3) is 5.35. The minimum atomic E-state index is -0.671. The van der Waals surface area contributed by atoms with Gasteiger partial charge in [-0.1, -0.05) is 38.1 Å². The molecule has 0 aliphatic carbocycles. The standard InChI is InChI=1S/C29H33N3O4/c1-19(2)21-6-8-22(9-7-21)26-25(27(33)23-10-12-24(13-11-23)36-20(3)4)28(34)29(35)32(26)16-5-15-31-17-14-30-18-31/h6-14,17-20,26,33H,5,15-16H2,1-4H3/b27-25+/t26-/m0/s1. The van der Waals surface area contributed by atoms with Gasteiger partial charge in [0, 0.05) is 31.0 Å². The van der Waals surface area contributed by atoms with E-state index >= 15 is 0 Å². The first-order valence-electron chi connectivity index (χ1n) is 12.4. The highest BCUT2D eigenvalue weighted by atomic mass is 16.5. The summed E-state index contributed by atoms with van der Waals surface area (Å²) in [5.41, 5.74) is 2.53. The molecule has 0 unspecified atom stereocenters. The molecule has 188 valence electrons. The fourth-order valence-electron chi connectivity index (χ4n) is 4.48. The number of carbonyl (C=O) groups is 2. The Morgan fingerprint density at radius 3 is 2.28 bits per heavy atom. The lowest BCUT2D eigenvalue weighted by molar-refractivity contribution is -0.139. The average Bonchev–Trinajstić information content (AvgIpc) is 3.46. The number of ether oxygens (including phenoxy) is 1. The molecule has 0 saturated carbocycles. The van der Waals surface area contributed by atoms with Crippen molar-refractivity contribution in [3.05, 3.63) is 89.5 Å². The SMILES string of the molecule is CC(C)Oc1ccc(/C(O)=C2\C(=O)C(=O)N(CCCn3ccnc3)[C@H]2c2ccc(C(C)C)cc2)cc1. The van der Waals surface area contributed by atoms with Gasteiger partial charge in [-0.3, -0.25) is 9.59 Å². The number of benzene rings is 2. The number of aliphatic hydroxyl groups is 1. The van der Waals surface area contributed by atoms with Crippen LogP contribution in [-0.4, -0.2) is 43.9 Å². The zero-order chi connectivity index (χ0) is 25.8. The van der Waals surface area contributed by atoms with Crippen molar-refractivity contribution in [2.75, 3.05) is 6.54 Å². The smallest absolute Gasteiger partial charge is 0.295 e. The lowest BCUT2D eigenvalue weighted by atomic mass is 9.93. The largest absolute Gasteiger partial charge is 0.507 e. The summed E-state index contributed by atoms with van der Waals surface area (Å²) in [5, 5.41) is 11.3. The number of ketones is 1. The lowest BCUT2D eigenvalue weighted by Crippen LogP contribution is -2.31. The number of aryl methyl sites for hydroxylation is 1. The summed E-state index contributed by atoms with van der Waals surface area (Å²) < 4.78 is 7.63. The second-order valence-corrected chi connectivity index (χ2v) is 9.66. The highest BCUT2D eigenvalue weighted by Crippen LogP contribution is 2.40. The number of rotatable bonds is 9. The van der Waals surface area contributed by atoms with Gasteiger partial charge in [-0.15, -0.1) is 0 Å². The van der Waals surface area contributed by atoms with Gasteiger partial charge in [0.2, 0.25) is 0 Å². The van der Waals surface area contributed by atoms with Crippen LogP contribution in [0.2, 0.25) is 0 Å². The van der Waals surface area contributed by atoms with Gasteiger partial charge in [0.15, 0.2) is 0 Å². The Morgan fingerprint density at radius 2 is 1.69 bits per heavy atom. The summed E-state index contributed by atoms with van der Waals surface area (Å²) in [4.78, 5) is 32.0. The number of amides is 1. The summed E-state index contributed by atoms with van der Waals surface area (Å²) in [5.74, 6) is -0.426. The molecule has 3 aromatic rings. The Balaban J connectivity index is 1.70. The fourth-order valence-corrected chi connectivity index (χ4v) is 4.48. The molecular weight excluding hydrogens is 454 g/mol. The van der Waals surface area contributed by atoms with Gasteiger partial charge in [0.05, 0.1) is 24.0 Å². The average molecular weight is 488 g/mol. The fraction of sp³-hybridized carbons (Fsp3) is 0.345. The maximum atomic E-state index is 13.2. The molecule has 36 heavy (non-hydrogen) atoms. The summed E-state index contributed by atoms with van der Waals surface area (Å²) in [6, 6.07) is 14.2. The first-order valence-corrected chi connectivity index (χ1v) is 12.4. The molecule has 1 amide bonds. The lowest BCUT2D eigenvalue weighted by Gasteiger charge is -2.26. The van der Waals surface area contributed by atoms with E-state index in [0.29, 0.717) is 36.7 Å². The van der Waals surface area contributed by atoms with E-state index in [0.717, 1.165) is 11.1 Å². The van der Waals surface area contributed by atoms with Crippen LogP contribution in [0.1, 0.15) is 62.8 Å². The molecule has 2 heterocycles. The van der Waals surface area contributed by atoms with Crippen LogP contribution in [-0.2, 0) is 16.1 Å². The van der Waals surface area contributed by atoms with Crippen molar-refractivity contribution >= 4 is 17.4 Å². The first kappa shape index (κ1) is 25.2. The van der Waals surface area contributed by atoms with E-state index in [1.165, 1.54) is 0 Å². The van der Waals surface area contributed by atoms with Gasteiger partial charge >= 0.3 is 0 Å². The molecule has 1 aliphatic heterocycles. The molecule has 7 heteroatoms. The summed E-state index contributed by atoms with van der Waals surface area (Å²) in [6.07, 6.45) is 5.96. The van der Waals surface area contributed by atoms with Gasteiger partial charge in [-0.25, -0.2) is 4.98 Å². The van der Waals surface area contributed by atoms with Crippen molar-refractivity contribution < 1.29 is 19.4 Å². The van der Waals surface area contributed by atoms with Crippen LogP contribution in [0.3, 0.4) is 0 Å². The zero-order valence-electron chi connectivity index (χ0n) is 21.2. The number of hydrogen-bond donors (Lipinski definition) is 1. The summed E-state index contributed by atoms with van der Waals surface area (Å²) in [7, 11) is 0. The van der Waals surface area contributed by atoms with Gasteiger partial charge < -0.3 is 19.3 Å². The van der Waals surface area contributed by atoms with Crippen molar-refractivity contribution in [1.29, 1.82) is 0 Å². The molecule has 1 aliphatic rings. The van der Waals surface area contributed by atoms with E-state index in [4.69, 9.17) is 4.74 Å². The highest BCUT2D eigenvalue weighted by molar-refractivity contribution is 6.46. The monoisotopic (exact) mass is 487 g/mol. The van der Waals surface area contributed by atoms with Crippen molar-refractivity contribution in [2.45, 2.75) is 58.7 Å². The van der Waals surface area contributed by atoms with Gasteiger partial charge in [-0.05, 0) is 61.6 Å². The second-order valence-electron chi connectivity index (χ2n) is 9.66. The van der Waals surface area contributed by atoms with E-state index in [9.17, 15) is 14.7 Å². The third-order valence-corrected chi connectivity index (χ3v) is 6.33. The number of likely N-dealkylation sites (tertiary alicyclic amines) is 1. The van der Waals surface area contributed by atoms with Crippen LogP contribution in [0.4, 0.5) is 0 Å². The number of aromatic nitrogens is 2. The van der Waals surface area contributed by atoms with Crippen LogP contribution >= 0.6 is 0 Å². The number of Topliss-reactive ketones (excluding diaryl/α,β-unsaturated/α-hetero) is 1. The molecule has 0 bridgehead atoms. The van der Waals surface area contributed by atoms with Gasteiger partial charge in [0.25, 0.3) is 11.7 Å². The van der Waals surface area contributed by atoms with E-state index < -0.39 is 17.7 Å². The van der Waals surface area contributed by atoms with Crippen molar-refractivity contribution in [3.8, 4) is 5.75 Å². The molecule has 4 rings (SSSR count). The Morgan fingerprint density at radius 1 is 1.00 bits per heavy atom. The Labute approximate surface area is 212 Å². The molecule has 1 N–H and O–H groups in total. The van der Waals surface area contributed by atoms with Gasteiger partial charge in [0.1, 0.15) is 11.5 Å². The number of aliphatic hydroxyl groups excluding tert-OH is 1. The normalized spacial score (nSPS) is 17.4. The zero-order valence-corrected chi connectivity index (χ0v) is 21.2.